The molecule has 2 N–H and O–H groups in total. The van der Waals surface area contributed by atoms with E-state index in [0.717, 1.165) is 12.1 Å². The van der Waals surface area contributed by atoms with Crippen molar-refractivity contribution in [1.82, 2.24) is 15.5 Å². The number of benzene rings is 1. The van der Waals surface area contributed by atoms with E-state index < -0.39 is 29.2 Å². The Hall–Kier alpha value is -2.64. The van der Waals surface area contributed by atoms with E-state index in [1.807, 2.05) is 0 Å². The second-order valence-corrected chi connectivity index (χ2v) is 5.04. The lowest BCUT2D eigenvalue weighted by Crippen LogP contribution is -2.35. The molecule has 0 aliphatic heterocycles. The van der Waals surface area contributed by atoms with E-state index in [-0.39, 0.29) is 17.7 Å². The van der Waals surface area contributed by atoms with Crippen LogP contribution in [0.25, 0.3) is 0 Å². The summed E-state index contributed by atoms with van der Waals surface area (Å²) in [6, 6.07) is 7.06. The molecule has 0 aliphatic carbocycles. The molecule has 0 bridgehead atoms. The number of hydrogen-bond acceptors (Lipinski definition) is 3. The van der Waals surface area contributed by atoms with Gasteiger partial charge in [0, 0.05) is 12.1 Å². The maximum Gasteiger partial charge on any atom is 0.416 e. The molecule has 1 aromatic carbocycles. The Morgan fingerprint density at radius 2 is 1.96 bits per heavy atom. The van der Waals surface area contributed by atoms with Crippen molar-refractivity contribution >= 4 is 5.91 Å². The first-order valence-electron chi connectivity index (χ1n) is 6.79. The number of rotatable bonds is 4. The number of carbonyl (C=O) groups is 1. The lowest BCUT2D eigenvalue weighted by Gasteiger charge is -2.17. The fraction of sp³-hybridized carbons (Fsp3) is 0.267. The van der Waals surface area contributed by atoms with Gasteiger partial charge in [0.2, 0.25) is 0 Å². The van der Waals surface area contributed by atoms with E-state index in [1.54, 1.807) is 6.92 Å². The Kier molecular flexibility index (Phi) is 4.83. The van der Waals surface area contributed by atoms with Crippen molar-refractivity contribution in [2.45, 2.75) is 25.6 Å². The Morgan fingerprint density at radius 3 is 2.57 bits per heavy atom. The third kappa shape index (κ3) is 4.41. The highest BCUT2D eigenvalue weighted by atomic mass is 19.4. The van der Waals surface area contributed by atoms with Crippen LogP contribution in [0.1, 0.15) is 28.5 Å². The SMILES string of the molecule is C[C@H](Cc1ccccc1C(F)(F)F)NC(=O)c1ccc(=O)[nH]n1. The van der Waals surface area contributed by atoms with Crippen molar-refractivity contribution in [1.29, 1.82) is 0 Å². The third-order valence-corrected chi connectivity index (χ3v) is 3.14. The highest BCUT2D eigenvalue weighted by Crippen LogP contribution is 2.32. The number of carbonyl (C=O) groups excluding carboxylic acids is 1. The van der Waals surface area contributed by atoms with Crippen LogP contribution in [0, 0.1) is 0 Å². The molecule has 0 unspecified atom stereocenters. The standard InChI is InChI=1S/C15H14F3N3O2/c1-9(19-14(23)12-6-7-13(22)21-20-12)8-10-4-2-3-5-11(10)15(16,17)18/h2-7,9H,8H2,1H3,(H,19,23)(H,21,22)/t9-/m1/s1. The smallest absolute Gasteiger partial charge is 0.348 e. The van der Waals surface area contributed by atoms with Gasteiger partial charge in [0.25, 0.3) is 11.5 Å². The Balaban J connectivity index is 2.08. The van der Waals surface area contributed by atoms with Crippen LogP contribution in [-0.2, 0) is 12.6 Å². The molecule has 5 nitrogen and oxygen atoms in total. The topological polar surface area (TPSA) is 74.8 Å². The van der Waals surface area contributed by atoms with Crippen molar-refractivity contribution in [3.63, 3.8) is 0 Å². The number of alkyl halides is 3. The van der Waals surface area contributed by atoms with Crippen molar-refractivity contribution in [2.24, 2.45) is 0 Å². The zero-order chi connectivity index (χ0) is 17.0. The Morgan fingerprint density at radius 1 is 1.26 bits per heavy atom. The zero-order valence-corrected chi connectivity index (χ0v) is 12.1. The Labute approximate surface area is 129 Å². The van der Waals surface area contributed by atoms with Crippen LogP contribution in [0.15, 0.2) is 41.2 Å². The minimum Gasteiger partial charge on any atom is -0.348 e. The number of amides is 1. The first kappa shape index (κ1) is 16.7. The van der Waals surface area contributed by atoms with E-state index in [9.17, 15) is 22.8 Å². The summed E-state index contributed by atoms with van der Waals surface area (Å²) in [7, 11) is 0. The summed E-state index contributed by atoms with van der Waals surface area (Å²) in [4.78, 5) is 22.8. The molecular formula is C15H14F3N3O2. The van der Waals surface area contributed by atoms with Crippen LogP contribution in [-0.4, -0.2) is 22.1 Å². The monoisotopic (exact) mass is 325 g/mol. The van der Waals surface area contributed by atoms with Gasteiger partial charge in [-0.1, -0.05) is 18.2 Å². The summed E-state index contributed by atoms with van der Waals surface area (Å²) >= 11 is 0. The molecule has 0 radical (unpaired) electrons. The lowest BCUT2D eigenvalue weighted by molar-refractivity contribution is -0.138. The fourth-order valence-electron chi connectivity index (χ4n) is 2.12. The lowest BCUT2D eigenvalue weighted by atomic mass is 10.0. The van der Waals surface area contributed by atoms with Crippen LogP contribution in [0.2, 0.25) is 0 Å². The summed E-state index contributed by atoms with van der Waals surface area (Å²) in [5.74, 6) is -0.571. The first-order valence-corrected chi connectivity index (χ1v) is 6.79. The number of hydrogen-bond donors (Lipinski definition) is 2. The summed E-state index contributed by atoms with van der Waals surface area (Å²) in [5, 5.41) is 8.24. The van der Waals surface area contributed by atoms with Gasteiger partial charge in [-0.15, -0.1) is 0 Å². The van der Waals surface area contributed by atoms with Crippen LogP contribution < -0.4 is 10.9 Å². The maximum atomic E-state index is 12.9. The molecule has 23 heavy (non-hydrogen) atoms. The van der Waals surface area contributed by atoms with Crippen LogP contribution in [0.3, 0.4) is 0 Å². The molecule has 1 atom stereocenters. The summed E-state index contributed by atoms with van der Waals surface area (Å²) in [6.45, 7) is 1.59. The van der Waals surface area contributed by atoms with E-state index in [1.165, 1.54) is 24.3 Å². The highest BCUT2D eigenvalue weighted by Gasteiger charge is 2.33. The Bertz CT molecular complexity index is 736. The van der Waals surface area contributed by atoms with Gasteiger partial charge in [-0.05, 0) is 31.0 Å². The van der Waals surface area contributed by atoms with Crippen molar-refractivity contribution in [2.75, 3.05) is 0 Å². The molecular weight excluding hydrogens is 311 g/mol. The predicted molar refractivity (Wildman–Crippen MR) is 76.9 cm³/mol. The van der Waals surface area contributed by atoms with E-state index >= 15 is 0 Å². The predicted octanol–water partition coefficient (Wildman–Crippen LogP) is 2.15. The van der Waals surface area contributed by atoms with Gasteiger partial charge in [0.05, 0.1) is 5.56 Å². The molecule has 1 amide bonds. The minimum atomic E-state index is -4.44. The average Bonchev–Trinajstić information content (AvgIpc) is 2.47. The van der Waals surface area contributed by atoms with Gasteiger partial charge in [0.1, 0.15) is 5.69 Å². The van der Waals surface area contributed by atoms with E-state index in [4.69, 9.17) is 0 Å². The largest absolute Gasteiger partial charge is 0.416 e. The highest BCUT2D eigenvalue weighted by molar-refractivity contribution is 5.92. The molecule has 1 heterocycles. The van der Waals surface area contributed by atoms with Gasteiger partial charge in [-0.2, -0.15) is 18.3 Å². The fourth-order valence-corrected chi connectivity index (χ4v) is 2.12. The summed E-state index contributed by atoms with van der Waals surface area (Å²) < 4.78 is 38.8. The molecule has 0 spiro atoms. The number of halogens is 3. The number of nitrogens with zero attached hydrogens (tertiary/aromatic N) is 1. The number of nitrogens with one attached hydrogen (secondary N) is 2. The van der Waals surface area contributed by atoms with Gasteiger partial charge < -0.3 is 5.32 Å². The summed E-state index contributed by atoms with van der Waals surface area (Å²) in [5.41, 5.74) is -1.08. The second kappa shape index (κ2) is 6.64. The van der Waals surface area contributed by atoms with Crippen molar-refractivity contribution < 1.29 is 18.0 Å². The molecule has 0 saturated carbocycles. The molecule has 2 aromatic rings. The van der Waals surface area contributed by atoms with Crippen molar-refractivity contribution in [3.8, 4) is 0 Å². The number of H-pyrrole nitrogens is 1. The normalized spacial score (nSPS) is 12.7. The molecule has 0 aliphatic rings. The number of aromatic nitrogens is 2. The van der Waals surface area contributed by atoms with E-state index in [0.29, 0.717) is 0 Å². The minimum absolute atomic E-state index is 0.0134. The van der Waals surface area contributed by atoms with Gasteiger partial charge in [-0.3, -0.25) is 9.59 Å². The van der Waals surface area contributed by atoms with Crippen molar-refractivity contribution in [3.05, 3.63) is 63.6 Å². The number of aromatic amines is 1. The summed E-state index contributed by atoms with van der Waals surface area (Å²) in [6.07, 6.45) is -4.43. The van der Waals surface area contributed by atoms with Gasteiger partial charge in [0.15, 0.2) is 0 Å². The quantitative estimate of drug-likeness (QED) is 0.904. The van der Waals surface area contributed by atoms with Gasteiger partial charge >= 0.3 is 6.18 Å². The molecule has 8 heteroatoms. The van der Waals surface area contributed by atoms with E-state index in [2.05, 4.69) is 15.5 Å². The zero-order valence-electron chi connectivity index (χ0n) is 12.1. The maximum absolute atomic E-state index is 12.9. The molecule has 0 saturated heterocycles. The van der Waals surface area contributed by atoms with Crippen LogP contribution in [0.5, 0.6) is 0 Å². The molecule has 1 aromatic heterocycles. The van der Waals surface area contributed by atoms with Crippen LogP contribution >= 0.6 is 0 Å². The van der Waals surface area contributed by atoms with Gasteiger partial charge in [-0.25, -0.2) is 5.10 Å². The first-order chi connectivity index (χ1) is 10.8. The molecule has 122 valence electrons. The molecule has 0 fully saturated rings. The van der Waals surface area contributed by atoms with Crippen LogP contribution in [0.4, 0.5) is 13.2 Å². The average molecular weight is 325 g/mol. The second-order valence-electron chi connectivity index (χ2n) is 5.04. The third-order valence-electron chi connectivity index (χ3n) is 3.14. The molecule has 2 rings (SSSR count).